The summed E-state index contributed by atoms with van der Waals surface area (Å²) >= 11 is 0. The molecule has 4 aliphatic rings. The molecule has 10 heteroatoms. The number of aromatic nitrogens is 1. The van der Waals surface area contributed by atoms with Crippen molar-refractivity contribution in [3.63, 3.8) is 0 Å². The molecule has 4 bridgehead atoms. The predicted molar refractivity (Wildman–Crippen MR) is 161 cm³/mol. The summed E-state index contributed by atoms with van der Waals surface area (Å²) in [6.45, 7) is 1.22. The summed E-state index contributed by atoms with van der Waals surface area (Å²) < 4.78 is 37.2. The second kappa shape index (κ2) is 10.1. The van der Waals surface area contributed by atoms with Crippen LogP contribution in [0.1, 0.15) is 84.7 Å². The van der Waals surface area contributed by atoms with Gasteiger partial charge in [0.2, 0.25) is 5.91 Å². The minimum atomic E-state index is -4.01. The molecule has 2 amide bonds. The minimum Gasteiger partial charge on any atom is -0.497 e. The van der Waals surface area contributed by atoms with E-state index in [1.54, 1.807) is 13.2 Å². The molecule has 2 atom stereocenters. The van der Waals surface area contributed by atoms with Gasteiger partial charge in [0.05, 0.1) is 18.2 Å². The number of methoxy groups -OCH3 is 1. The molecule has 7 rings (SSSR count). The summed E-state index contributed by atoms with van der Waals surface area (Å²) in [6.07, 6.45) is 7.72. The van der Waals surface area contributed by atoms with Crippen LogP contribution in [0.25, 0.3) is 22.2 Å². The number of amides is 2. The lowest BCUT2D eigenvalue weighted by Gasteiger charge is -2.24. The SMILES string of the molecule is COc1ccc2c(c1)[C@H]1C[C@@]13Cn1c-2c(C2CCCCC2)c2ccc(cc21)C(=O)NS(=O)(=O)N(C)CCCCNC3=O. The average Bonchev–Trinajstić information content (AvgIpc) is 3.66. The number of carbonyl (C=O) groups excluding carboxylic acids is 2. The molecule has 3 aromatic rings. The van der Waals surface area contributed by atoms with E-state index < -0.39 is 21.5 Å². The molecule has 2 N–H and O–H groups in total. The summed E-state index contributed by atoms with van der Waals surface area (Å²) in [5.41, 5.74) is 5.23. The van der Waals surface area contributed by atoms with Gasteiger partial charge in [-0.05, 0) is 79.5 Å². The van der Waals surface area contributed by atoms with Crippen LogP contribution in [0.15, 0.2) is 36.4 Å². The Balaban J connectivity index is 1.48. The van der Waals surface area contributed by atoms with Crippen molar-refractivity contribution in [3.05, 3.63) is 53.1 Å². The van der Waals surface area contributed by atoms with Crippen LogP contribution in [0.4, 0.5) is 0 Å². The van der Waals surface area contributed by atoms with E-state index in [2.05, 4.69) is 26.7 Å². The Labute approximate surface area is 246 Å². The Hall–Kier alpha value is -3.37. The second-order valence-corrected chi connectivity index (χ2v) is 14.3. The molecule has 2 aromatic carbocycles. The molecule has 2 aliphatic carbocycles. The molecule has 0 unspecified atom stereocenters. The fourth-order valence-electron chi connectivity index (χ4n) is 7.65. The molecule has 2 aliphatic heterocycles. The second-order valence-electron chi connectivity index (χ2n) is 12.5. The van der Waals surface area contributed by atoms with E-state index in [0.29, 0.717) is 31.8 Å². The van der Waals surface area contributed by atoms with Crippen molar-refractivity contribution in [3.8, 4) is 17.0 Å². The van der Waals surface area contributed by atoms with Gasteiger partial charge in [0.25, 0.3) is 5.91 Å². The Morgan fingerprint density at radius 2 is 1.81 bits per heavy atom. The molecule has 9 nitrogen and oxygen atoms in total. The summed E-state index contributed by atoms with van der Waals surface area (Å²) in [5.74, 6) is 0.604. The molecule has 2 saturated carbocycles. The molecule has 1 aromatic heterocycles. The number of ether oxygens (including phenoxy) is 1. The number of nitrogens with one attached hydrogen (secondary N) is 2. The van der Waals surface area contributed by atoms with E-state index in [9.17, 15) is 18.0 Å². The fourth-order valence-corrected chi connectivity index (χ4v) is 8.53. The zero-order valence-corrected chi connectivity index (χ0v) is 25.1. The summed E-state index contributed by atoms with van der Waals surface area (Å²) in [5, 5.41) is 4.27. The Bertz CT molecular complexity index is 1710. The van der Waals surface area contributed by atoms with E-state index in [4.69, 9.17) is 4.74 Å². The van der Waals surface area contributed by atoms with Gasteiger partial charge < -0.3 is 14.6 Å². The monoisotopic (exact) mass is 590 g/mol. The molecule has 0 saturated heterocycles. The number of benzene rings is 2. The Morgan fingerprint density at radius 1 is 1.00 bits per heavy atom. The quantitative estimate of drug-likeness (QED) is 0.451. The normalized spacial score (nSPS) is 26.3. The van der Waals surface area contributed by atoms with Gasteiger partial charge in [-0.25, -0.2) is 4.72 Å². The first-order chi connectivity index (χ1) is 20.2. The van der Waals surface area contributed by atoms with E-state index in [1.807, 2.05) is 18.2 Å². The van der Waals surface area contributed by atoms with Crippen molar-refractivity contribution in [2.24, 2.45) is 5.41 Å². The van der Waals surface area contributed by atoms with E-state index in [1.165, 1.54) is 31.9 Å². The first kappa shape index (κ1) is 27.5. The number of rotatable bonds is 2. The Kier molecular flexibility index (Phi) is 6.62. The van der Waals surface area contributed by atoms with E-state index in [-0.39, 0.29) is 23.9 Å². The average molecular weight is 591 g/mol. The lowest BCUT2D eigenvalue weighted by atomic mass is 9.81. The van der Waals surface area contributed by atoms with Crippen LogP contribution in [0.3, 0.4) is 0 Å². The maximum absolute atomic E-state index is 14.0. The molecular formula is C32H38N4O5S. The molecule has 2 fully saturated rings. The van der Waals surface area contributed by atoms with Crippen LogP contribution in [-0.4, -0.2) is 56.4 Å². The van der Waals surface area contributed by atoms with Gasteiger partial charge in [-0.1, -0.05) is 25.3 Å². The Morgan fingerprint density at radius 3 is 2.60 bits per heavy atom. The van der Waals surface area contributed by atoms with Crippen molar-refractivity contribution < 1.29 is 22.7 Å². The number of hydrogen-bond donors (Lipinski definition) is 2. The molecular weight excluding hydrogens is 552 g/mol. The van der Waals surface area contributed by atoms with Gasteiger partial charge in [0.15, 0.2) is 0 Å². The van der Waals surface area contributed by atoms with Crippen LogP contribution < -0.4 is 14.8 Å². The van der Waals surface area contributed by atoms with Crippen molar-refractivity contribution in [2.75, 3.05) is 27.2 Å². The van der Waals surface area contributed by atoms with E-state index in [0.717, 1.165) is 57.0 Å². The zero-order valence-electron chi connectivity index (χ0n) is 24.2. The minimum absolute atomic E-state index is 0.0390. The van der Waals surface area contributed by atoms with E-state index >= 15 is 0 Å². The standard InChI is InChI=1S/C32H38N4O5S/c1-35-15-7-6-14-33-31(38)32-18-26(32)25-17-22(41-2)11-13-23(25)29-28(20-8-4-3-5-9-20)24-12-10-21(16-27(24)36(29)19-32)30(37)34-42(35,39)40/h10-13,16-17,20,26H,3-9,14-15,18-19H2,1-2H3,(H,33,38)(H,34,37)/t26-,32-/m1/s1. The van der Waals surface area contributed by atoms with Gasteiger partial charge >= 0.3 is 10.2 Å². The zero-order chi connectivity index (χ0) is 29.2. The summed E-state index contributed by atoms with van der Waals surface area (Å²) in [7, 11) is -0.868. The van der Waals surface area contributed by atoms with Crippen LogP contribution >= 0.6 is 0 Å². The lowest BCUT2D eigenvalue weighted by Crippen LogP contribution is -2.42. The first-order valence-electron chi connectivity index (χ1n) is 15.1. The van der Waals surface area contributed by atoms with Crippen molar-refractivity contribution in [1.82, 2.24) is 18.9 Å². The lowest BCUT2D eigenvalue weighted by molar-refractivity contribution is -0.127. The van der Waals surface area contributed by atoms with Gasteiger partial charge in [0.1, 0.15) is 5.75 Å². The highest BCUT2D eigenvalue weighted by Gasteiger charge is 2.62. The molecule has 222 valence electrons. The summed E-state index contributed by atoms with van der Waals surface area (Å²) in [6, 6.07) is 11.8. The number of nitrogens with zero attached hydrogens (tertiary/aromatic N) is 2. The topological polar surface area (TPSA) is 110 Å². The molecule has 0 radical (unpaired) electrons. The van der Waals surface area contributed by atoms with Gasteiger partial charge in [0, 0.05) is 54.6 Å². The molecule has 42 heavy (non-hydrogen) atoms. The largest absolute Gasteiger partial charge is 0.497 e. The third-order valence-electron chi connectivity index (χ3n) is 10.1. The van der Waals surface area contributed by atoms with Gasteiger partial charge in [-0.3, -0.25) is 9.59 Å². The van der Waals surface area contributed by atoms with Gasteiger partial charge in [-0.15, -0.1) is 0 Å². The van der Waals surface area contributed by atoms with Crippen LogP contribution in [0.2, 0.25) is 0 Å². The molecule has 3 heterocycles. The summed E-state index contributed by atoms with van der Waals surface area (Å²) in [4.78, 5) is 27.3. The highest BCUT2D eigenvalue weighted by atomic mass is 32.2. The number of carbonyl (C=O) groups is 2. The highest BCUT2D eigenvalue weighted by Crippen LogP contribution is 2.65. The fraction of sp³-hybridized carbons (Fsp3) is 0.500. The maximum atomic E-state index is 14.0. The third-order valence-corrected chi connectivity index (χ3v) is 11.5. The number of fused-ring (bicyclic) bond motifs is 4. The predicted octanol–water partition coefficient (Wildman–Crippen LogP) is 4.67. The van der Waals surface area contributed by atoms with Crippen LogP contribution in [-0.2, 0) is 21.5 Å². The highest BCUT2D eigenvalue weighted by molar-refractivity contribution is 7.87. The van der Waals surface area contributed by atoms with Crippen molar-refractivity contribution in [2.45, 2.75) is 69.7 Å². The smallest absolute Gasteiger partial charge is 0.303 e. The van der Waals surface area contributed by atoms with Crippen LogP contribution in [0, 0.1) is 5.41 Å². The molecule has 1 spiro atoms. The first-order valence-corrected chi connectivity index (χ1v) is 16.6. The van der Waals surface area contributed by atoms with Crippen molar-refractivity contribution >= 4 is 32.9 Å². The van der Waals surface area contributed by atoms with Gasteiger partial charge in [-0.2, -0.15) is 12.7 Å². The van der Waals surface area contributed by atoms with Crippen LogP contribution in [0.5, 0.6) is 5.75 Å². The van der Waals surface area contributed by atoms with Crippen molar-refractivity contribution in [1.29, 1.82) is 0 Å². The third kappa shape index (κ3) is 4.33. The maximum Gasteiger partial charge on any atom is 0.303 e. The number of hydrogen-bond acceptors (Lipinski definition) is 5.